The number of benzene rings is 3. The van der Waals surface area contributed by atoms with Crippen LogP contribution < -0.4 is 15.2 Å². The van der Waals surface area contributed by atoms with Crippen LogP contribution in [-0.4, -0.2) is 20.3 Å². The summed E-state index contributed by atoms with van der Waals surface area (Å²) in [6.07, 6.45) is 0. The third kappa shape index (κ3) is 7.22. The molecular formula is C27H29BF4N2O. The van der Waals surface area contributed by atoms with Gasteiger partial charge in [-0.2, -0.15) is 0 Å². The molecule has 3 nitrogen and oxygen atoms in total. The lowest BCUT2D eigenvalue weighted by Crippen LogP contribution is -2.70. The van der Waals surface area contributed by atoms with Crippen molar-refractivity contribution in [2.45, 2.75) is 27.7 Å². The van der Waals surface area contributed by atoms with Crippen LogP contribution in [0.5, 0.6) is 0 Å². The van der Waals surface area contributed by atoms with Crippen molar-refractivity contribution in [2.24, 2.45) is 0 Å². The number of fused-ring (bicyclic) bond motifs is 1. The van der Waals surface area contributed by atoms with Gasteiger partial charge in [0.05, 0.1) is 11.5 Å². The summed E-state index contributed by atoms with van der Waals surface area (Å²) < 4.78 is 45.3. The van der Waals surface area contributed by atoms with E-state index in [1.807, 2.05) is 18.2 Å². The van der Waals surface area contributed by atoms with Crippen LogP contribution >= 0.6 is 0 Å². The van der Waals surface area contributed by atoms with Gasteiger partial charge in [-0.05, 0) is 57.0 Å². The second kappa shape index (κ2) is 11.3. The molecule has 0 saturated heterocycles. The van der Waals surface area contributed by atoms with E-state index in [2.05, 4.69) is 92.2 Å². The summed E-state index contributed by atoms with van der Waals surface area (Å²) in [7, 11) is -6.00. The van der Waals surface area contributed by atoms with Crippen LogP contribution in [0.25, 0.3) is 22.3 Å². The highest BCUT2D eigenvalue weighted by Crippen LogP contribution is 2.24. The summed E-state index contributed by atoms with van der Waals surface area (Å²) in [5.41, 5.74) is 6.68. The Morgan fingerprint density at radius 3 is 2.00 bits per heavy atom. The van der Waals surface area contributed by atoms with Crippen LogP contribution in [0, 0.1) is 13.8 Å². The standard InChI is InChI=1S/C27H28N2O.BF4/c1-5-29(6-2)23-14-12-22(13-15-23)28-24-18-25(21-10-8-7-9-11-21)30-26-17-19(3)16-20(4)27(24)26;2-1(3,4)5/h7-18H,5-6H2,1-4H3;/q;-1/p+1. The summed E-state index contributed by atoms with van der Waals surface area (Å²) in [5.74, 6) is 0.857. The molecule has 0 saturated carbocycles. The van der Waals surface area contributed by atoms with E-state index < -0.39 is 7.25 Å². The fraction of sp³-hybridized carbons (Fsp3) is 0.222. The van der Waals surface area contributed by atoms with Crippen LogP contribution in [0.2, 0.25) is 0 Å². The molecule has 184 valence electrons. The summed E-state index contributed by atoms with van der Waals surface area (Å²) >= 11 is 0. The van der Waals surface area contributed by atoms with E-state index in [1.165, 1.54) is 16.8 Å². The van der Waals surface area contributed by atoms with Crippen molar-refractivity contribution in [3.05, 3.63) is 89.3 Å². The number of hydrogen-bond acceptors (Lipinski definition) is 2. The molecule has 0 atom stereocenters. The molecule has 3 aromatic carbocycles. The fourth-order valence-corrected chi connectivity index (χ4v) is 4.05. The lowest BCUT2D eigenvalue weighted by molar-refractivity contribution is -0.400. The third-order valence-corrected chi connectivity index (χ3v) is 5.54. The van der Waals surface area contributed by atoms with E-state index in [9.17, 15) is 17.3 Å². The van der Waals surface area contributed by atoms with E-state index in [0.29, 0.717) is 0 Å². The van der Waals surface area contributed by atoms with E-state index in [1.54, 1.807) is 0 Å². The Morgan fingerprint density at radius 1 is 0.829 bits per heavy atom. The molecule has 1 N–H and O–H groups in total. The average Bonchev–Trinajstić information content (AvgIpc) is 2.80. The molecule has 4 rings (SSSR count). The number of hydrogen-bond donors (Lipinski definition) is 1. The Bertz CT molecular complexity index is 1320. The number of nitrogens with zero attached hydrogens (tertiary/aromatic N) is 1. The molecule has 35 heavy (non-hydrogen) atoms. The van der Waals surface area contributed by atoms with Crippen LogP contribution in [0.3, 0.4) is 0 Å². The second-order valence-corrected chi connectivity index (χ2v) is 8.18. The van der Waals surface area contributed by atoms with Crippen LogP contribution in [0.15, 0.2) is 77.2 Å². The van der Waals surface area contributed by atoms with Gasteiger partial charge >= 0.3 is 7.25 Å². The molecule has 0 amide bonds. The molecule has 0 bridgehead atoms. The minimum atomic E-state index is -6.00. The molecular weight excluding hydrogens is 455 g/mol. The Labute approximate surface area is 202 Å². The first kappa shape index (κ1) is 26.1. The van der Waals surface area contributed by atoms with Gasteiger partial charge < -0.3 is 26.6 Å². The minimum Gasteiger partial charge on any atom is -0.456 e. The van der Waals surface area contributed by atoms with Gasteiger partial charge in [0, 0.05) is 36.5 Å². The summed E-state index contributed by atoms with van der Waals surface area (Å²) in [5, 5.41) is 2.18. The van der Waals surface area contributed by atoms with Gasteiger partial charge in [-0.25, -0.2) is 4.99 Å². The van der Waals surface area contributed by atoms with Gasteiger partial charge in [-0.1, -0.05) is 36.4 Å². The lowest BCUT2D eigenvalue weighted by Gasteiger charge is -2.20. The number of halogens is 4. The topological polar surface area (TPSA) is 30.4 Å². The number of anilines is 1. The fourth-order valence-electron chi connectivity index (χ4n) is 4.05. The Balaban J connectivity index is 0.000000623. The highest BCUT2D eigenvalue weighted by atomic mass is 19.5. The van der Waals surface area contributed by atoms with Crippen LogP contribution in [0.4, 0.5) is 28.6 Å². The monoisotopic (exact) mass is 484 g/mol. The molecule has 4 aromatic rings. The zero-order chi connectivity index (χ0) is 25.6. The molecule has 0 aliphatic rings. The molecule has 0 aliphatic carbocycles. The summed E-state index contributed by atoms with van der Waals surface area (Å²) in [6, 6.07) is 25.3. The van der Waals surface area contributed by atoms with Gasteiger partial charge in [0.1, 0.15) is 11.3 Å². The molecule has 1 aromatic heterocycles. The molecule has 1 heterocycles. The Kier molecular flexibility index (Phi) is 8.38. The molecule has 0 radical (unpaired) electrons. The predicted molar refractivity (Wildman–Crippen MR) is 135 cm³/mol. The normalized spacial score (nSPS) is 11.8. The quantitative estimate of drug-likeness (QED) is 0.271. The molecule has 8 heteroatoms. The molecule has 0 aliphatic heterocycles. The highest BCUT2D eigenvalue weighted by molar-refractivity contribution is 6.50. The third-order valence-electron chi connectivity index (χ3n) is 5.54. The van der Waals surface area contributed by atoms with Crippen LogP contribution in [-0.2, 0) is 0 Å². The number of aryl methyl sites for hydroxylation is 2. The first-order valence-corrected chi connectivity index (χ1v) is 11.5. The van der Waals surface area contributed by atoms with Crippen molar-refractivity contribution in [2.75, 3.05) is 18.0 Å². The zero-order valence-corrected chi connectivity index (χ0v) is 20.3. The Morgan fingerprint density at radius 2 is 1.43 bits per heavy atom. The van der Waals surface area contributed by atoms with Crippen molar-refractivity contribution in [3.8, 4) is 11.3 Å². The zero-order valence-electron chi connectivity index (χ0n) is 20.3. The number of rotatable bonds is 5. The lowest BCUT2D eigenvalue weighted by atomic mass is 10.0. The first-order chi connectivity index (χ1) is 16.6. The van der Waals surface area contributed by atoms with E-state index in [0.717, 1.165) is 46.4 Å². The van der Waals surface area contributed by atoms with Gasteiger partial charge in [0.15, 0.2) is 0 Å². The number of nitrogens with one attached hydrogen (secondary N) is 1. The first-order valence-electron chi connectivity index (χ1n) is 11.5. The average molecular weight is 484 g/mol. The van der Waals surface area contributed by atoms with Gasteiger partial charge in [0.2, 0.25) is 11.0 Å². The molecule has 0 fully saturated rings. The second-order valence-electron chi connectivity index (χ2n) is 8.18. The largest absolute Gasteiger partial charge is 0.673 e. The van der Waals surface area contributed by atoms with Crippen molar-refractivity contribution < 1.29 is 26.7 Å². The smallest absolute Gasteiger partial charge is 0.456 e. The predicted octanol–water partition coefficient (Wildman–Crippen LogP) is 6.18. The van der Waals surface area contributed by atoms with Crippen molar-refractivity contribution >= 4 is 29.6 Å². The van der Waals surface area contributed by atoms with E-state index >= 15 is 0 Å². The SMILES string of the molecule is CCN(CC)c1ccc([NH+]=c2cc(-c3ccccc3)oc3cc(C)cc(C)c23)cc1.F[B-](F)(F)F. The molecule has 0 unspecified atom stereocenters. The van der Waals surface area contributed by atoms with Gasteiger partial charge in [-0.15, -0.1) is 0 Å². The molecule has 0 spiro atoms. The summed E-state index contributed by atoms with van der Waals surface area (Å²) in [6.45, 7) is 10.6. The van der Waals surface area contributed by atoms with Crippen molar-refractivity contribution in [1.82, 2.24) is 0 Å². The Hall–Kier alpha value is -3.55. The highest BCUT2D eigenvalue weighted by Gasteiger charge is 2.20. The van der Waals surface area contributed by atoms with Crippen molar-refractivity contribution in [3.63, 3.8) is 0 Å². The summed E-state index contributed by atoms with van der Waals surface area (Å²) in [4.78, 5) is 5.99. The van der Waals surface area contributed by atoms with E-state index in [-0.39, 0.29) is 0 Å². The maximum Gasteiger partial charge on any atom is 0.673 e. The maximum atomic E-state index is 9.75. The van der Waals surface area contributed by atoms with Gasteiger partial charge in [0.25, 0.3) is 0 Å². The minimum absolute atomic E-state index is 0.857. The van der Waals surface area contributed by atoms with Crippen molar-refractivity contribution in [1.29, 1.82) is 0 Å². The van der Waals surface area contributed by atoms with Gasteiger partial charge in [-0.3, -0.25) is 0 Å². The van der Waals surface area contributed by atoms with E-state index in [4.69, 9.17) is 4.42 Å². The van der Waals surface area contributed by atoms with Crippen LogP contribution in [0.1, 0.15) is 25.0 Å². The maximum absolute atomic E-state index is 9.75.